The van der Waals surface area contributed by atoms with E-state index in [4.69, 9.17) is 5.73 Å². The quantitative estimate of drug-likeness (QED) is 0.664. The molecule has 0 aromatic heterocycles. The van der Waals surface area contributed by atoms with Crippen LogP contribution >= 0.6 is 0 Å². The molecule has 19 heavy (non-hydrogen) atoms. The van der Waals surface area contributed by atoms with Crippen LogP contribution in [-0.4, -0.2) is 24.2 Å². The number of rotatable bonds is 2. The highest BCUT2D eigenvalue weighted by Gasteiger charge is 2.40. The fourth-order valence-corrected chi connectivity index (χ4v) is 2.38. The van der Waals surface area contributed by atoms with Crippen LogP contribution in [0.25, 0.3) is 0 Å². The predicted molar refractivity (Wildman–Crippen MR) is 64.9 cm³/mol. The Morgan fingerprint density at radius 1 is 1.21 bits per heavy atom. The lowest BCUT2D eigenvalue weighted by molar-refractivity contribution is -0.185. The van der Waals surface area contributed by atoms with Gasteiger partial charge in [0, 0.05) is 6.54 Å². The van der Waals surface area contributed by atoms with Gasteiger partial charge in [0.1, 0.15) is 5.82 Å². The summed E-state index contributed by atoms with van der Waals surface area (Å²) in [4.78, 5) is 1.88. The standard InChI is InChI=1S/C13H16F4N2/c14-11-3-1-2-9(12(11)18)8-19-6-4-10(5-7-19)13(15,16)17/h1-3,10H,4-8,18H2. The highest BCUT2D eigenvalue weighted by molar-refractivity contribution is 5.47. The molecular formula is C13H16F4N2. The van der Waals surface area contributed by atoms with E-state index in [0.717, 1.165) is 0 Å². The van der Waals surface area contributed by atoms with Gasteiger partial charge in [-0.2, -0.15) is 13.2 Å². The average Bonchev–Trinajstić information content (AvgIpc) is 2.35. The Morgan fingerprint density at radius 3 is 2.42 bits per heavy atom. The number of hydrogen-bond donors (Lipinski definition) is 1. The van der Waals surface area contributed by atoms with Gasteiger partial charge in [-0.3, -0.25) is 4.90 Å². The number of benzene rings is 1. The average molecular weight is 276 g/mol. The number of hydrogen-bond acceptors (Lipinski definition) is 2. The number of anilines is 1. The van der Waals surface area contributed by atoms with Crippen molar-refractivity contribution in [3.05, 3.63) is 29.6 Å². The molecular weight excluding hydrogens is 260 g/mol. The molecule has 1 fully saturated rings. The van der Waals surface area contributed by atoms with Gasteiger partial charge in [-0.25, -0.2) is 4.39 Å². The Labute approximate surface area is 109 Å². The van der Waals surface area contributed by atoms with E-state index in [1.54, 1.807) is 12.1 Å². The lowest BCUT2D eigenvalue weighted by Gasteiger charge is -2.33. The van der Waals surface area contributed by atoms with Crippen molar-refractivity contribution in [2.45, 2.75) is 25.6 Å². The molecule has 2 N–H and O–H groups in total. The SMILES string of the molecule is Nc1c(F)cccc1CN1CCC(C(F)(F)F)CC1. The second-order valence-electron chi connectivity index (χ2n) is 4.90. The normalized spacial score (nSPS) is 18.7. The summed E-state index contributed by atoms with van der Waals surface area (Å²) < 4.78 is 50.8. The van der Waals surface area contributed by atoms with E-state index in [-0.39, 0.29) is 18.5 Å². The number of alkyl halides is 3. The Hall–Kier alpha value is -1.30. The third-order valence-corrected chi connectivity index (χ3v) is 3.59. The molecule has 0 saturated carbocycles. The van der Waals surface area contributed by atoms with Crippen LogP contribution in [0, 0.1) is 11.7 Å². The number of likely N-dealkylation sites (tertiary alicyclic amines) is 1. The second kappa shape index (κ2) is 5.36. The van der Waals surface area contributed by atoms with Gasteiger partial charge in [-0.05, 0) is 37.6 Å². The molecule has 6 heteroatoms. The molecule has 0 atom stereocenters. The van der Waals surface area contributed by atoms with Crippen molar-refractivity contribution in [1.82, 2.24) is 4.90 Å². The minimum atomic E-state index is -4.11. The number of para-hydroxylation sites is 1. The van der Waals surface area contributed by atoms with Crippen molar-refractivity contribution >= 4 is 5.69 Å². The monoisotopic (exact) mass is 276 g/mol. The molecule has 0 amide bonds. The highest BCUT2D eigenvalue weighted by atomic mass is 19.4. The largest absolute Gasteiger partial charge is 0.396 e. The first-order valence-corrected chi connectivity index (χ1v) is 6.20. The molecule has 2 nitrogen and oxygen atoms in total. The summed E-state index contributed by atoms with van der Waals surface area (Å²) in [5, 5.41) is 0. The molecule has 0 aliphatic carbocycles. The summed E-state index contributed by atoms with van der Waals surface area (Å²) in [5.74, 6) is -1.70. The maximum atomic E-state index is 13.3. The maximum absolute atomic E-state index is 13.3. The van der Waals surface area contributed by atoms with E-state index < -0.39 is 17.9 Å². The van der Waals surface area contributed by atoms with Crippen LogP contribution in [-0.2, 0) is 6.54 Å². The zero-order valence-electron chi connectivity index (χ0n) is 10.4. The number of halogens is 4. The van der Waals surface area contributed by atoms with Crippen LogP contribution in [0.2, 0.25) is 0 Å². The van der Waals surface area contributed by atoms with Gasteiger partial charge in [0.2, 0.25) is 0 Å². The number of nitrogens with zero attached hydrogens (tertiary/aromatic N) is 1. The molecule has 0 unspecified atom stereocenters. The van der Waals surface area contributed by atoms with Gasteiger partial charge in [0.15, 0.2) is 0 Å². The molecule has 0 spiro atoms. The Morgan fingerprint density at radius 2 is 1.84 bits per heavy atom. The Bertz CT molecular complexity index is 437. The molecule has 1 heterocycles. The number of piperidine rings is 1. The van der Waals surface area contributed by atoms with Crippen LogP contribution in [0.1, 0.15) is 18.4 Å². The van der Waals surface area contributed by atoms with Crippen LogP contribution in [0.15, 0.2) is 18.2 Å². The van der Waals surface area contributed by atoms with Crippen LogP contribution in [0.5, 0.6) is 0 Å². The van der Waals surface area contributed by atoms with Gasteiger partial charge in [-0.1, -0.05) is 12.1 Å². The molecule has 1 aliphatic heterocycles. The maximum Gasteiger partial charge on any atom is 0.391 e. The first-order valence-electron chi connectivity index (χ1n) is 6.20. The molecule has 1 aliphatic rings. The van der Waals surface area contributed by atoms with Crippen molar-refractivity contribution in [3.63, 3.8) is 0 Å². The summed E-state index contributed by atoms with van der Waals surface area (Å²) in [5.41, 5.74) is 6.33. The van der Waals surface area contributed by atoms with Gasteiger partial charge in [-0.15, -0.1) is 0 Å². The molecule has 1 aromatic carbocycles. The minimum Gasteiger partial charge on any atom is -0.396 e. The fraction of sp³-hybridized carbons (Fsp3) is 0.538. The van der Waals surface area contributed by atoms with E-state index in [2.05, 4.69) is 0 Å². The number of nitrogen functional groups attached to an aromatic ring is 1. The summed E-state index contributed by atoms with van der Waals surface area (Å²) in [6.45, 7) is 1.12. The highest BCUT2D eigenvalue weighted by Crippen LogP contribution is 2.34. The van der Waals surface area contributed by atoms with Gasteiger partial charge >= 0.3 is 6.18 Å². The van der Waals surface area contributed by atoms with Crippen LogP contribution in [0.4, 0.5) is 23.2 Å². The summed E-state index contributed by atoms with van der Waals surface area (Å²) in [7, 11) is 0. The summed E-state index contributed by atoms with van der Waals surface area (Å²) in [6, 6.07) is 4.53. The Kier molecular flexibility index (Phi) is 3.99. The smallest absolute Gasteiger partial charge is 0.391 e. The molecule has 0 radical (unpaired) electrons. The lowest BCUT2D eigenvalue weighted by atomic mass is 9.96. The molecule has 2 rings (SSSR count). The van der Waals surface area contributed by atoms with Gasteiger partial charge in [0.25, 0.3) is 0 Å². The minimum absolute atomic E-state index is 0.0837. The van der Waals surface area contributed by atoms with E-state index in [0.29, 0.717) is 25.2 Å². The molecule has 1 saturated heterocycles. The summed E-state index contributed by atoms with van der Waals surface area (Å²) >= 11 is 0. The molecule has 1 aromatic rings. The van der Waals surface area contributed by atoms with E-state index >= 15 is 0 Å². The molecule has 0 bridgehead atoms. The van der Waals surface area contributed by atoms with Crippen molar-refractivity contribution in [2.24, 2.45) is 5.92 Å². The number of nitrogens with two attached hydrogens (primary N) is 1. The predicted octanol–water partition coefficient (Wildman–Crippen LogP) is 3.18. The van der Waals surface area contributed by atoms with Gasteiger partial charge in [0.05, 0.1) is 11.6 Å². The van der Waals surface area contributed by atoms with Crippen molar-refractivity contribution in [1.29, 1.82) is 0 Å². The van der Waals surface area contributed by atoms with Crippen LogP contribution < -0.4 is 5.73 Å². The van der Waals surface area contributed by atoms with Crippen molar-refractivity contribution in [2.75, 3.05) is 18.8 Å². The first-order chi connectivity index (χ1) is 8.88. The second-order valence-corrected chi connectivity index (χ2v) is 4.90. The van der Waals surface area contributed by atoms with E-state index in [1.807, 2.05) is 4.90 Å². The zero-order chi connectivity index (χ0) is 14.0. The van der Waals surface area contributed by atoms with E-state index in [1.165, 1.54) is 6.07 Å². The van der Waals surface area contributed by atoms with Crippen molar-refractivity contribution in [3.8, 4) is 0 Å². The fourth-order valence-electron chi connectivity index (χ4n) is 2.38. The lowest BCUT2D eigenvalue weighted by Crippen LogP contribution is -2.38. The third-order valence-electron chi connectivity index (χ3n) is 3.59. The first kappa shape index (κ1) is 14.1. The Balaban J connectivity index is 1.94. The van der Waals surface area contributed by atoms with Gasteiger partial charge < -0.3 is 5.73 Å². The van der Waals surface area contributed by atoms with Crippen molar-refractivity contribution < 1.29 is 17.6 Å². The topological polar surface area (TPSA) is 29.3 Å². The third kappa shape index (κ3) is 3.37. The summed E-state index contributed by atoms with van der Waals surface area (Å²) in [6.07, 6.45) is -3.92. The van der Waals surface area contributed by atoms with E-state index in [9.17, 15) is 17.6 Å². The molecule has 106 valence electrons. The van der Waals surface area contributed by atoms with Crippen LogP contribution in [0.3, 0.4) is 0 Å². The zero-order valence-corrected chi connectivity index (χ0v) is 10.4.